The van der Waals surface area contributed by atoms with Crippen LogP contribution in [-0.2, 0) is 16.6 Å². The summed E-state index contributed by atoms with van der Waals surface area (Å²) >= 11 is 1.55. The molecule has 1 aromatic heterocycles. The summed E-state index contributed by atoms with van der Waals surface area (Å²) in [5.74, 6) is -0.861. The molecule has 0 spiro atoms. The summed E-state index contributed by atoms with van der Waals surface area (Å²) in [5.41, 5.74) is 6.78. The van der Waals surface area contributed by atoms with Gasteiger partial charge in [0.1, 0.15) is 0 Å². The maximum Gasteiger partial charge on any atom is 0.304 e. The van der Waals surface area contributed by atoms with E-state index >= 15 is 0 Å². The topological polar surface area (TPSA) is 76.2 Å². The van der Waals surface area contributed by atoms with Gasteiger partial charge in [0, 0.05) is 23.3 Å². The molecule has 1 rings (SSSR count). The minimum absolute atomic E-state index is 0.00949. The van der Waals surface area contributed by atoms with Gasteiger partial charge in [0.25, 0.3) is 0 Å². The van der Waals surface area contributed by atoms with Gasteiger partial charge in [0.2, 0.25) is 0 Å². The third kappa shape index (κ3) is 3.90. The molecule has 0 bridgehead atoms. The Bertz CT molecular complexity index is 368. The van der Waals surface area contributed by atoms with Gasteiger partial charge in [-0.1, -0.05) is 20.8 Å². The van der Waals surface area contributed by atoms with Gasteiger partial charge in [-0.15, -0.1) is 11.3 Å². The number of hydrogen-bond donors (Lipinski definition) is 2. The molecule has 1 unspecified atom stereocenters. The Balaban J connectivity index is 2.62. The van der Waals surface area contributed by atoms with Crippen LogP contribution in [0, 0.1) is 0 Å². The molecule has 1 heterocycles. The second-order valence-corrected chi connectivity index (χ2v) is 5.88. The third-order valence-corrected chi connectivity index (χ3v) is 3.06. The van der Waals surface area contributed by atoms with Gasteiger partial charge in [-0.05, 0) is 0 Å². The zero-order valence-corrected chi connectivity index (χ0v) is 10.7. The molecule has 0 aliphatic heterocycles. The predicted molar refractivity (Wildman–Crippen MR) is 64.7 cm³/mol. The lowest BCUT2D eigenvalue weighted by Crippen LogP contribution is -2.26. The van der Waals surface area contributed by atoms with Crippen molar-refractivity contribution in [3.63, 3.8) is 0 Å². The van der Waals surface area contributed by atoms with E-state index in [4.69, 9.17) is 10.8 Å². The van der Waals surface area contributed by atoms with Gasteiger partial charge in [-0.2, -0.15) is 0 Å². The maximum absolute atomic E-state index is 10.5. The van der Waals surface area contributed by atoms with Crippen molar-refractivity contribution in [1.82, 2.24) is 4.98 Å². The van der Waals surface area contributed by atoms with Crippen molar-refractivity contribution >= 4 is 17.3 Å². The molecule has 0 saturated carbocycles. The molecule has 0 aliphatic rings. The standard InChI is InChI=1S/C11H18N2O2S/c1-11(2,3)8-6-16-9(13-8)4-7(12)5-10(14)15/h6-7H,4-5,12H2,1-3H3,(H,14,15). The fourth-order valence-corrected chi connectivity index (χ4v) is 2.39. The Hall–Kier alpha value is -0.940. The van der Waals surface area contributed by atoms with E-state index in [-0.39, 0.29) is 17.9 Å². The van der Waals surface area contributed by atoms with Gasteiger partial charge >= 0.3 is 5.97 Å². The number of thiazole rings is 1. The van der Waals surface area contributed by atoms with Crippen LogP contribution in [0.15, 0.2) is 5.38 Å². The Kier molecular flexibility index (Phi) is 4.04. The Morgan fingerprint density at radius 2 is 2.25 bits per heavy atom. The smallest absolute Gasteiger partial charge is 0.304 e. The Morgan fingerprint density at radius 3 is 2.69 bits per heavy atom. The van der Waals surface area contributed by atoms with Crippen LogP contribution >= 0.6 is 11.3 Å². The number of carbonyl (C=O) groups is 1. The zero-order valence-electron chi connectivity index (χ0n) is 9.86. The number of aromatic nitrogens is 1. The predicted octanol–water partition coefficient (Wildman–Crippen LogP) is 1.79. The fourth-order valence-electron chi connectivity index (χ4n) is 1.27. The molecule has 1 atom stereocenters. The van der Waals surface area contributed by atoms with Crippen LogP contribution in [0.4, 0.5) is 0 Å². The van der Waals surface area contributed by atoms with E-state index in [9.17, 15) is 4.79 Å². The minimum atomic E-state index is -0.861. The highest BCUT2D eigenvalue weighted by molar-refractivity contribution is 7.09. The molecular formula is C11H18N2O2S. The first-order valence-corrected chi connectivity index (χ1v) is 6.09. The average molecular weight is 242 g/mol. The lowest BCUT2D eigenvalue weighted by molar-refractivity contribution is -0.137. The van der Waals surface area contributed by atoms with Gasteiger partial charge in [0.05, 0.1) is 17.1 Å². The minimum Gasteiger partial charge on any atom is -0.481 e. The molecule has 1 aromatic rings. The molecular weight excluding hydrogens is 224 g/mol. The lowest BCUT2D eigenvalue weighted by atomic mass is 9.93. The van der Waals surface area contributed by atoms with Gasteiger partial charge in [-0.3, -0.25) is 4.79 Å². The number of carboxylic acids is 1. The van der Waals surface area contributed by atoms with Crippen molar-refractivity contribution < 1.29 is 9.90 Å². The van der Waals surface area contributed by atoms with Crippen molar-refractivity contribution in [2.24, 2.45) is 5.73 Å². The second kappa shape index (κ2) is 4.93. The van der Waals surface area contributed by atoms with E-state index in [1.54, 1.807) is 11.3 Å². The molecule has 3 N–H and O–H groups in total. The second-order valence-electron chi connectivity index (χ2n) is 4.94. The van der Waals surface area contributed by atoms with Gasteiger partial charge < -0.3 is 10.8 Å². The molecule has 0 amide bonds. The number of nitrogens with zero attached hydrogens (tertiary/aromatic N) is 1. The average Bonchev–Trinajstić information content (AvgIpc) is 2.49. The van der Waals surface area contributed by atoms with E-state index in [1.807, 2.05) is 5.38 Å². The first kappa shape index (κ1) is 13.1. The summed E-state index contributed by atoms with van der Waals surface area (Å²) in [4.78, 5) is 14.9. The number of carboxylic acid groups (broad SMARTS) is 1. The molecule has 5 heteroatoms. The molecule has 90 valence electrons. The summed E-state index contributed by atoms with van der Waals surface area (Å²) in [6.07, 6.45) is 0.525. The summed E-state index contributed by atoms with van der Waals surface area (Å²) in [6, 6.07) is -0.350. The van der Waals surface area contributed by atoms with Crippen LogP contribution in [0.3, 0.4) is 0 Å². The molecule has 16 heavy (non-hydrogen) atoms. The van der Waals surface area contributed by atoms with Gasteiger partial charge in [0.15, 0.2) is 0 Å². The number of aliphatic carboxylic acids is 1. The summed E-state index contributed by atoms with van der Waals surface area (Å²) in [5, 5.41) is 11.5. The van der Waals surface area contributed by atoms with Crippen LogP contribution in [0.25, 0.3) is 0 Å². The van der Waals surface area contributed by atoms with E-state index in [2.05, 4.69) is 25.8 Å². The highest BCUT2D eigenvalue weighted by Gasteiger charge is 2.18. The van der Waals surface area contributed by atoms with E-state index in [1.165, 1.54) is 0 Å². The SMILES string of the molecule is CC(C)(C)c1csc(CC(N)CC(=O)O)n1. The number of hydrogen-bond acceptors (Lipinski definition) is 4. The van der Waals surface area contributed by atoms with Crippen molar-refractivity contribution in [3.05, 3.63) is 16.1 Å². The van der Waals surface area contributed by atoms with Crippen molar-refractivity contribution in [2.45, 2.75) is 45.1 Å². The monoisotopic (exact) mass is 242 g/mol. The zero-order chi connectivity index (χ0) is 12.3. The molecule has 4 nitrogen and oxygen atoms in total. The van der Waals surface area contributed by atoms with Crippen LogP contribution in [0.5, 0.6) is 0 Å². The van der Waals surface area contributed by atoms with Crippen molar-refractivity contribution in [1.29, 1.82) is 0 Å². The van der Waals surface area contributed by atoms with Crippen molar-refractivity contribution in [3.8, 4) is 0 Å². The highest BCUT2D eigenvalue weighted by atomic mass is 32.1. The van der Waals surface area contributed by atoms with E-state index in [0.29, 0.717) is 6.42 Å². The fraction of sp³-hybridized carbons (Fsp3) is 0.636. The molecule has 0 fully saturated rings. The van der Waals surface area contributed by atoms with E-state index < -0.39 is 5.97 Å². The Labute approximate surface area is 99.5 Å². The first-order chi connectivity index (χ1) is 7.29. The summed E-state index contributed by atoms with van der Waals surface area (Å²) in [6.45, 7) is 6.30. The van der Waals surface area contributed by atoms with E-state index in [0.717, 1.165) is 10.7 Å². The van der Waals surface area contributed by atoms with Crippen LogP contribution in [0.1, 0.15) is 37.9 Å². The van der Waals surface area contributed by atoms with Crippen LogP contribution in [0.2, 0.25) is 0 Å². The van der Waals surface area contributed by atoms with Crippen LogP contribution in [-0.4, -0.2) is 22.1 Å². The number of rotatable bonds is 4. The largest absolute Gasteiger partial charge is 0.481 e. The lowest BCUT2D eigenvalue weighted by Gasteiger charge is -2.14. The number of nitrogens with two attached hydrogens (primary N) is 1. The molecule has 0 saturated heterocycles. The Morgan fingerprint density at radius 1 is 1.62 bits per heavy atom. The van der Waals surface area contributed by atoms with Crippen molar-refractivity contribution in [2.75, 3.05) is 0 Å². The summed E-state index contributed by atoms with van der Waals surface area (Å²) in [7, 11) is 0. The van der Waals surface area contributed by atoms with Crippen LogP contribution < -0.4 is 5.73 Å². The third-order valence-electron chi connectivity index (χ3n) is 2.19. The molecule has 0 aromatic carbocycles. The van der Waals surface area contributed by atoms with Gasteiger partial charge in [-0.25, -0.2) is 4.98 Å². The summed E-state index contributed by atoms with van der Waals surface area (Å²) < 4.78 is 0. The normalized spacial score (nSPS) is 13.8. The first-order valence-electron chi connectivity index (χ1n) is 5.21. The quantitative estimate of drug-likeness (QED) is 0.844. The maximum atomic E-state index is 10.5. The molecule has 0 aliphatic carbocycles. The highest BCUT2D eigenvalue weighted by Crippen LogP contribution is 2.24. The molecule has 0 radical (unpaired) electrons.